The Hall–Kier alpha value is -2.66. The first-order valence-corrected chi connectivity index (χ1v) is 9.56. The van der Waals surface area contributed by atoms with E-state index in [1.807, 2.05) is 18.2 Å². The predicted molar refractivity (Wildman–Crippen MR) is 107 cm³/mol. The highest BCUT2D eigenvalue weighted by atomic mass is 16.5. The number of rotatable bonds is 6. The maximum Gasteiger partial charge on any atom is 0.213 e. The Morgan fingerprint density at radius 1 is 1.26 bits per heavy atom. The van der Waals surface area contributed by atoms with Crippen LogP contribution in [0.1, 0.15) is 30.2 Å². The molecule has 0 radical (unpaired) electrons. The maximum atomic E-state index is 5.93. The van der Waals surface area contributed by atoms with E-state index in [0.717, 1.165) is 41.6 Å². The Balaban J connectivity index is 1.56. The zero-order chi connectivity index (χ0) is 18.6. The van der Waals surface area contributed by atoms with Crippen LogP contribution in [0.4, 0.5) is 5.69 Å². The van der Waals surface area contributed by atoms with Crippen LogP contribution < -0.4 is 10.1 Å². The summed E-state index contributed by atoms with van der Waals surface area (Å²) in [6.07, 6.45) is 3.78. The fourth-order valence-electron chi connectivity index (χ4n) is 3.60. The van der Waals surface area contributed by atoms with Crippen LogP contribution in [-0.4, -0.2) is 29.3 Å². The summed E-state index contributed by atoms with van der Waals surface area (Å²) in [6, 6.07) is 12.3. The maximum absolute atomic E-state index is 5.93. The van der Waals surface area contributed by atoms with Crippen molar-refractivity contribution in [2.45, 2.75) is 39.3 Å². The molecule has 5 nitrogen and oxygen atoms in total. The second-order valence-electron chi connectivity index (χ2n) is 6.88. The van der Waals surface area contributed by atoms with Crippen molar-refractivity contribution in [1.29, 1.82) is 0 Å². The van der Waals surface area contributed by atoms with Gasteiger partial charge in [-0.15, -0.1) is 0 Å². The van der Waals surface area contributed by atoms with Crippen molar-refractivity contribution in [2.75, 3.05) is 18.5 Å². The number of aryl methyl sites for hydroxylation is 1. The summed E-state index contributed by atoms with van der Waals surface area (Å²) in [5.74, 6) is 0.663. The summed E-state index contributed by atoms with van der Waals surface area (Å²) in [4.78, 5) is 9.09. The van der Waals surface area contributed by atoms with E-state index in [2.05, 4.69) is 42.3 Å². The molecule has 0 aliphatic carbocycles. The molecule has 0 saturated carbocycles. The van der Waals surface area contributed by atoms with Crippen LogP contribution >= 0.6 is 0 Å². The molecule has 0 amide bonds. The third-order valence-corrected chi connectivity index (χ3v) is 5.00. The van der Waals surface area contributed by atoms with Gasteiger partial charge in [0.2, 0.25) is 5.88 Å². The van der Waals surface area contributed by atoms with Gasteiger partial charge in [-0.1, -0.05) is 25.1 Å². The molecule has 1 saturated heterocycles. The van der Waals surface area contributed by atoms with Crippen LogP contribution in [0.5, 0.6) is 5.88 Å². The van der Waals surface area contributed by atoms with E-state index in [-0.39, 0.29) is 6.10 Å². The van der Waals surface area contributed by atoms with E-state index in [9.17, 15) is 0 Å². The molecule has 1 aliphatic rings. The van der Waals surface area contributed by atoms with Gasteiger partial charge in [0.1, 0.15) is 6.10 Å². The van der Waals surface area contributed by atoms with Gasteiger partial charge in [0.15, 0.2) is 0 Å². The van der Waals surface area contributed by atoms with Gasteiger partial charge in [0.25, 0.3) is 0 Å². The van der Waals surface area contributed by atoms with Crippen molar-refractivity contribution in [3.8, 4) is 5.88 Å². The van der Waals surface area contributed by atoms with Crippen LogP contribution in [0.3, 0.4) is 0 Å². The van der Waals surface area contributed by atoms with Crippen LogP contribution in [0.15, 0.2) is 42.6 Å². The molecule has 140 valence electrons. The van der Waals surface area contributed by atoms with Gasteiger partial charge in [-0.3, -0.25) is 4.98 Å². The van der Waals surface area contributed by atoms with Crippen molar-refractivity contribution in [1.82, 2.24) is 9.97 Å². The number of ether oxygens (including phenoxy) is 2. The van der Waals surface area contributed by atoms with E-state index in [1.165, 1.54) is 11.3 Å². The quantitative estimate of drug-likeness (QED) is 0.708. The fraction of sp³-hybridized carbons (Fsp3) is 0.364. The van der Waals surface area contributed by atoms with Crippen LogP contribution in [-0.2, 0) is 17.7 Å². The molecule has 3 aromatic rings. The molecule has 1 aliphatic heterocycles. The number of nitrogens with zero attached hydrogens (tertiary/aromatic N) is 2. The Labute approximate surface area is 159 Å². The molecule has 27 heavy (non-hydrogen) atoms. The highest BCUT2D eigenvalue weighted by molar-refractivity contribution is 5.93. The number of anilines is 1. The van der Waals surface area contributed by atoms with Gasteiger partial charge in [-0.25, -0.2) is 4.98 Å². The standard InChI is InChI=1S/C22H25N3O2/c1-3-18-15(2)25-20-7-5-4-6-19(20)22(18)24-13-16-8-10-23-21(12-16)27-17-9-11-26-14-17/h4-8,10,12,17H,3,9,11,13-14H2,1-2H3,(H,24,25). The summed E-state index contributed by atoms with van der Waals surface area (Å²) >= 11 is 0. The molecule has 1 N–H and O–H groups in total. The fourth-order valence-corrected chi connectivity index (χ4v) is 3.60. The van der Waals surface area contributed by atoms with Crippen molar-refractivity contribution >= 4 is 16.6 Å². The third kappa shape index (κ3) is 3.88. The Morgan fingerprint density at radius 2 is 2.15 bits per heavy atom. The number of benzene rings is 1. The first-order chi connectivity index (χ1) is 13.2. The second kappa shape index (κ2) is 7.92. The molecular weight excluding hydrogens is 338 g/mol. The third-order valence-electron chi connectivity index (χ3n) is 5.00. The van der Waals surface area contributed by atoms with Crippen molar-refractivity contribution < 1.29 is 9.47 Å². The SMILES string of the molecule is CCc1c(C)nc2ccccc2c1NCc1ccnc(OC2CCOC2)c1. The summed E-state index contributed by atoms with van der Waals surface area (Å²) in [5, 5.41) is 4.80. The monoisotopic (exact) mass is 363 g/mol. The van der Waals surface area contributed by atoms with Gasteiger partial charge < -0.3 is 14.8 Å². The molecule has 1 unspecified atom stereocenters. The first-order valence-electron chi connectivity index (χ1n) is 9.56. The van der Waals surface area contributed by atoms with Crippen LogP contribution in [0.2, 0.25) is 0 Å². The molecule has 0 spiro atoms. The minimum absolute atomic E-state index is 0.110. The van der Waals surface area contributed by atoms with E-state index >= 15 is 0 Å². The zero-order valence-electron chi connectivity index (χ0n) is 15.9. The summed E-state index contributed by atoms with van der Waals surface area (Å²) in [5.41, 5.74) is 5.68. The Kier molecular flexibility index (Phi) is 5.21. The van der Waals surface area contributed by atoms with E-state index in [0.29, 0.717) is 19.0 Å². The zero-order valence-corrected chi connectivity index (χ0v) is 15.9. The number of nitrogens with one attached hydrogen (secondary N) is 1. The van der Waals surface area contributed by atoms with Gasteiger partial charge in [0, 0.05) is 42.0 Å². The molecular formula is C22H25N3O2. The van der Waals surface area contributed by atoms with Gasteiger partial charge in [0.05, 0.1) is 18.7 Å². The van der Waals surface area contributed by atoms with Gasteiger partial charge in [-0.2, -0.15) is 0 Å². The second-order valence-corrected chi connectivity index (χ2v) is 6.88. The van der Waals surface area contributed by atoms with Crippen molar-refractivity contribution in [3.63, 3.8) is 0 Å². The number of hydrogen-bond acceptors (Lipinski definition) is 5. The highest BCUT2D eigenvalue weighted by Gasteiger charge is 2.18. The average Bonchev–Trinajstić information content (AvgIpc) is 3.19. The number of fused-ring (bicyclic) bond motifs is 1. The topological polar surface area (TPSA) is 56.3 Å². The van der Waals surface area contributed by atoms with E-state index in [4.69, 9.17) is 14.5 Å². The Morgan fingerprint density at radius 3 is 2.96 bits per heavy atom. The summed E-state index contributed by atoms with van der Waals surface area (Å²) in [6.45, 7) is 6.37. The molecule has 0 bridgehead atoms. The lowest BCUT2D eigenvalue weighted by Gasteiger charge is -2.17. The van der Waals surface area contributed by atoms with Crippen LogP contribution in [0.25, 0.3) is 10.9 Å². The normalized spacial score (nSPS) is 16.6. The number of para-hydroxylation sites is 1. The van der Waals surface area contributed by atoms with Crippen LogP contribution in [0, 0.1) is 6.92 Å². The first kappa shape index (κ1) is 17.7. The molecule has 3 heterocycles. The molecule has 1 aromatic carbocycles. The minimum Gasteiger partial charge on any atom is -0.472 e. The van der Waals surface area contributed by atoms with Gasteiger partial charge >= 0.3 is 0 Å². The Bertz CT molecular complexity index is 936. The number of hydrogen-bond donors (Lipinski definition) is 1. The molecule has 1 fully saturated rings. The lowest BCUT2D eigenvalue weighted by Crippen LogP contribution is -2.16. The smallest absolute Gasteiger partial charge is 0.213 e. The average molecular weight is 363 g/mol. The molecule has 1 atom stereocenters. The molecule has 5 heteroatoms. The largest absolute Gasteiger partial charge is 0.472 e. The lowest BCUT2D eigenvalue weighted by molar-refractivity contribution is 0.138. The molecule has 4 rings (SSSR count). The minimum atomic E-state index is 0.110. The summed E-state index contributed by atoms with van der Waals surface area (Å²) < 4.78 is 11.3. The number of pyridine rings is 2. The van der Waals surface area contributed by atoms with E-state index < -0.39 is 0 Å². The summed E-state index contributed by atoms with van der Waals surface area (Å²) in [7, 11) is 0. The van der Waals surface area contributed by atoms with E-state index in [1.54, 1.807) is 6.20 Å². The van der Waals surface area contributed by atoms with Crippen molar-refractivity contribution in [3.05, 3.63) is 59.4 Å². The van der Waals surface area contributed by atoms with Gasteiger partial charge in [-0.05, 0) is 36.6 Å². The predicted octanol–water partition coefficient (Wildman–Crippen LogP) is 4.28. The number of aromatic nitrogens is 2. The lowest BCUT2D eigenvalue weighted by atomic mass is 10.0. The highest BCUT2D eigenvalue weighted by Crippen LogP contribution is 2.29. The molecule has 2 aromatic heterocycles. The van der Waals surface area contributed by atoms with Crippen molar-refractivity contribution in [2.24, 2.45) is 0 Å².